The maximum Gasteiger partial charge on any atom is 0.225 e. The number of morpholine rings is 1. The zero-order valence-electron chi connectivity index (χ0n) is 17.1. The van der Waals surface area contributed by atoms with E-state index in [9.17, 15) is 4.79 Å². The van der Waals surface area contributed by atoms with Crippen LogP contribution in [0.3, 0.4) is 0 Å². The van der Waals surface area contributed by atoms with E-state index in [0.29, 0.717) is 19.8 Å². The van der Waals surface area contributed by atoms with Gasteiger partial charge in [0.1, 0.15) is 0 Å². The number of hydrogen-bond acceptors (Lipinski definition) is 7. The third kappa shape index (κ3) is 4.37. The Labute approximate surface area is 171 Å². The lowest BCUT2D eigenvalue weighted by molar-refractivity contribution is -0.135. The fourth-order valence-electron chi connectivity index (χ4n) is 4.01. The second-order valence-electron chi connectivity index (χ2n) is 7.94. The van der Waals surface area contributed by atoms with Gasteiger partial charge in [-0.3, -0.25) is 14.8 Å². The molecule has 8 heteroatoms. The number of carbonyl (C=O) groups excluding carboxylic acids is 1. The molecule has 1 amide bonds. The van der Waals surface area contributed by atoms with Crippen molar-refractivity contribution in [3.8, 4) is 11.3 Å². The molecule has 2 aliphatic rings. The van der Waals surface area contributed by atoms with Gasteiger partial charge >= 0.3 is 0 Å². The van der Waals surface area contributed by atoms with E-state index < -0.39 is 0 Å². The highest BCUT2D eigenvalue weighted by Crippen LogP contribution is 2.33. The van der Waals surface area contributed by atoms with Gasteiger partial charge in [0.2, 0.25) is 11.9 Å². The molecule has 4 rings (SSSR count). The van der Waals surface area contributed by atoms with E-state index in [4.69, 9.17) is 9.72 Å². The standard InChI is InChI=1S/C21H28N6O2/c1-15(2)20(28)27-7-3-4-16(14-27)19-17(18-13-22-5-6-23-18)12-24-21(25-19)26-8-10-29-11-9-26/h5-6,12-13,15-16H,3-4,7-11,14H2,1-2H3/t16-/m0/s1. The molecule has 2 saturated heterocycles. The van der Waals surface area contributed by atoms with E-state index >= 15 is 0 Å². The fourth-order valence-corrected chi connectivity index (χ4v) is 4.01. The maximum atomic E-state index is 12.6. The third-order valence-electron chi connectivity index (χ3n) is 5.55. The van der Waals surface area contributed by atoms with Gasteiger partial charge in [-0.05, 0) is 12.8 Å². The summed E-state index contributed by atoms with van der Waals surface area (Å²) in [5.74, 6) is 1.09. The fraction of sp³-hybridized carbons (Fsp3) is 0.571. The molecule has 2 aromatic rings. The number of nitrogens with zero attached hydrogens (tertiary/aromatic N) is 6. The van der Waals surface area contributed by atoms with Gasteiger partial charge in [-0.15, -0.1) is 0 Å². The lowest BCUT2D eigenvalue weighted by Crippen LogP contribution is -2.41. The molecular weight excluding hydrogens is 368 g/mol. The molecule has 0 spiro atoms. The molecule has 29 heavy (non-hydrogen) atoms. The predicted octanol–water partition coefficient (Wildman–Crippen LogP) is 2.13. The van der Waals surface area contributed by atoms with Crippen LogP contribution in [0.15, 0.2) is 24.8 Å². The Bertz CT molecular complexity index is 838. The lowest BCUT2D eigenvalue weighted by Gasteiger charge is -2.35. The quantitative estimate of drug-likeness (QED) is 0.783. The normalized spacial score (nSPS) is 20.2. The van der Waals surface area contributed by atoms with Crippen molar-refractivity contribution >= 4 is 11.9 Å². The summed E-state index contributed by atoms with van der Waals surface area (Å²) in [7, 11) is 0. The molecule has 0 saturated carbocycles. The van der Waals surface area contributed by atoms with Crippen LogP contribution in [0, 0.1) is 5.92 Å². The molecular formula is C21H28N6O2. The third-order valence-corrected chi connectivity index (χ3v) is 5.55. The van der Waals surface area contributed by atoms with Crippen LogP contribution in [0.2, 0.25) is 0 Å². The Kier molecular flexibility index (Phi) is 5.99. The highest BCUT2D eigenvalue weighted by atomic mass is 16.5. The van der Waals surface area contributed by atoms with E-state index in [1.54, 1.807) is 18.6 Å². The van der Waals surface area contributed by atoms with Gasteiger partial charge in [0, 0.05) is 62.2 Å². The zero-order chi connectivity index (χ0) is 20.2. The van der Waals surface area contributed by atoms with E-state index in [2.05, 4.69) is 19.9 Å². The van der Waals surface area contributed by atoms with E-state index in [1.165, 1.54) is 0 Å². The first-order valence-electron chi connectivity index (χ1n) is 10.4. The van der Waals surface area contributed by atoms with Crippen molar-refractivity contribution in [3.63, 3.8) is 0 Å². The largest absolute Gasteiger partial charge is 0.378 e. The summed E-state index contributed by atoms with van der Waals surface area (Å²) < 4.78 is 5.46. The molecule has 0 aromatic carbocycles. The highest BCUT2D eigenvalue weighted by Gasteiger charge is 2.30. The number of hydrogen-bond donors (Lipinski definition) is 0. The average molecular weight is 396 g/mol. The number of aromatic nitrogens is 4. The van der Waals surface area contributed by atoms with Gasteiger partial charge in [-0.25, -0.2) is 9.97 Å². The topological polar surface area (TPSA) is 84.3 Å². The number of rotatable bonds is 4. The van der Waals surface area contributed by atoms with Crippen LogP contribution in [0.5, 0.6) is 0 Å². The Morgan fingerprint density at radius 2 is 1.97 bits per heavy atom. The molecule has 0 bridgehead atoms. The smallest absolute Gasteiger partial charge is 0.225 e. The van der Waals surface area contributed by atoms with Crippen LogP contribution in [-0.4, -0.2) is 70.1 Å². The molecule has 2 fully saturated rings. The van der Waals surface area contributed by atoms with Gasteiger partial charge in [-0.2, -0.15) is 0 Å². The van der Waals surface area contributed by atoms with Gasteiger partial charge in [-0.1, -0.05) is 13.8 Å². The monoisotopic (exact) mass is 396 g/mol. The predicted molar refractivity (Wildman–Crippen MR) is 109 cm³/mol. The number of likely N-dealkylation sites (tertiary alicyclic amines) is 1. The molecule has 2 aromatic heterocycles. The Hall–Kier alpha value is -2.61. The molecule has 154 valence electrons. The first-order valence-corrected chi connectivity index (χ1v) is 10.4. The van der Waals surface area contributed by atoms with Crippen molar-refractivity contribution in [1.82, 2.24) is 24.8 Å². The molecule has 0 N–H and O–H groups in total. The number of amides is 1. The Morgan fingerprint density at radius 1 is 1.14 bits per heavy atom. The summed E-state index contributed by atoms with van der Waals surface area (Å²) in [5, 5.41) is 0. The highest BCUT2D eigenvalue weighted by molar-refractivity contribution is 5.78. The molecule has 2 aliphatic heterocycles. The van der Waals surface area contributed by atoms with Gasteiger partial charge in [0.15, 0.2) is 0 Å². The lowest BCUT2D eigenvalue weighted by atomic mass is 9.90. The first-order chi connectivity index (χ1) is 14.1. The average Bonchev–Trinajstić information content (AvgIpc) is 2.79. The summed E-state index contributed by atoms with van der Waals surface area (Å²) in [5.41, 5.74) is 2.63. The van der Waals surface area contributed by atoms with Gasteiger partial charge in [0.25, 0.3) is 0 Å². The molecule has 4 heterocycles. The van der Waals surface area contributed by atoms with Crippen LogP contribution in [0.4, 0.5) is 5.95 Å². The van der Waals surface area contributed by atoms with Crippen LogP contribution in [-0.2, 0) is 9.53 Å². The molecule has 0 aliphatic carbocycles. The number of piperidine rings is 1. The maximum absolute atomic E-state index is 12.6. The first kappa shape index (κ1) is 19.7. The molecule has 1 atom stereocenters. The van der Waals surface area contributed by atoms with Crippen LogP contribution >= 0.6 is 0 Å². The van der Waals surface area contributed by atoms with Crippen molar-refractivity contribution in [1.29, 1.82) is 0 Å². The SMILES string of the molecule is CC(C)C(=O)N1CCC[C@H](c2nc(N3CCOCC3)ncc2-c2cnccn2)C1. The van der Waals surface area contributed by atoms with Crippen LogP contribution in [0.1, 0.15) is 38.3 Å². The minimum Gasteiger partial charge on any atom is -0.378 e. The van der Waals surface area contributed by atoms with Gasteiger partial charge in [0.05, 0.1) is 30.8 Å². The Morgan fingerprint density at radius 3 is 2.69 bits per heavy atom. The van der Waals surface area contributed by atoms with Crippen molar-refractivity contribution in [2.24, 2.45) is 5.92 Å². The van der Waals surface area contributed by atoms with Crippen molar-refractivity contribution in [2.75, 3.05) is 44.3 Å². The van der Waals surface area contributed by atoms with Crippen molar-refractivity contribution < 1.29 is 9.53 Å². The summed E-state index contributed by atoms with van der Waals surface area (Å²) in [6.07, 6.45) is 8.92. The number of anilines is 1. The summed E-state index contributed by atoms with van der Waals surface area (Å²) in [6.45, 7) is 8.35. The van der Waals surface area contributed by atoms with Crippen LogP contribution in [0.25, 0.3) is 11.3 Å². The minimum atomic E-state index is 0.00233. The number of carbonyl (C=O) groups is 1. The second-order valence-corrected chi connectivity index (χ2v) is 7.94. The van der Waals surface area contributed by atoms with Crippen molar-refractivity contribution in [2.45, 2.75) is 32.6 Å². The summed E-state index contributed by atoms with van der Waals surface area (Å²) in [6, 6.07) is 0. The number of ether oxygens (including phenoxy) is 1. The molecule has 8 nitrogen and oxygen atoms in total. The van der Waals surface area contributed by atoms with E-state index in [1.807, 2.05) is 24.9 Å². The zero-order valence-corrected chi connectivity index (χ0v) is 17.1. The Balaban J connectivity index is 1.69. The summed E-state index contributed by atoms with van der Waals surface area (Å²) >= 11 is 0. The van der Waals surface area contributed by atoms with Crippen LogP contribution < -0.4 is 4.90 Å². The van der Waals surface area contributed by atoms with E-state index in [-0.39, 0.29) is 17.7 Å². The second kappa shape index (κ2) is 8.82. The van der Waals surface area contributed by atoms with E-state index in [0.717, 1.165) is 55.4 Å². The van der Waals surface area contributed by atoms with Crippen molar-refractivity contribution in [3.05, 3.63) is 30.5 Å². The molecule has 0 radical (unpaired) electrons. The molecule has 0 unspecified atom stereocenters. The summed E-state index contributed by atoms with van der Waals surface area (Å²) in [4.78, 5) is 35.0. The minimum absolute atomic E-state index is 0.00233. The van der Waals surface area contributed by atoms with Gasteiger partial charge < -0.3 is 14.5 Å².